The Kier molecular flexibility index (Phi) is 4.12. The van der Waals surface area contributed by atoms with Crippen molar-refractivity contribution < 1.29 is 0 Å². The van der Waals surface area contributed by atoms with E-state index in [4.69, 9.17) is 0 Å². The number of thiophene rings is 2. The second-order valence-corrected chi connectivity index (χ2v) is 8.25. The van der Waals surface area contributed by atoms with Crippen LogP contribution in [0, 0.1) is 0 Å². The van der Waals surface area contributed by atoms with Gasteiger partial charge in [-0.2, -0.15) is 0 Å². The van der Waals surface area contributed by atoms with Crippen molar-refractivity contribution in [1.29, 1.82) is 0 Å². The molecule has 4 heterocycles. The Labute approximate surface area is 159 Å². The number of benzene rings is 1. The van der Waals surface area contributed by atoms with Crippen LogP contribution in [0.2, 0.25) is 0 Å². The summed E-state index contributed by atoms with van der Waals surface area (Å²) < 4.78 is 0. The highest BCUT2D eigenvalue weighted by Crippen LogP contribution is 2.39. The molecule has 1 aromatic carbocycles. The van der Waals surface area contributed by atoms with E-state index in [2.05, 4.69) is 49.3 Å². The Morgan fingerprint density at radius 2 is 1.92 bits per heavy atom. The first-order valence-electron chi connectivity index (χ1n) is 8.55. The van der Waals surface area contributed by atoms with E-state index in [0.717, 1.165) is 18.5 Å². The molecule has 1 atom stereocenters. The zero-order valence-electron chi connectivity index (χ0n) is 14.0. The monoisotopic (exact) mass is 379 g/mol. The maximum absolute atomic E-state index is 4.59. The van der Waals surface area contributed by atoms with Crippen LogP contribution in [0.5, 0.6) is 0 Å². The van der Waals surface area contributed by atoms with Crippen LogP contribution in [0.4, 0.5) is 0 Å². The summed E-state index contributed by atoms with van der Waals surface area (Å²) >= 11 is 3.67. The minimum atomic E-state index is 0.274. The van der Waals surface area contributed by atoms with Crippen LogP contribution in [0.3, 0.4) is 0 Å². The Bertz CT molecular complexity index is 990. The molecule has 0 saturated heterocycles. The highest BCUT2D eigenvalue weighted by atomic mass is 32.1. The number of fused-ring (bicyclic) bond motifs is 1. The number of tetrazole rings is 1. The second kappa shape index (κ2) is 6.75. The Hall–Kier alpha value is -2.35. The van der Waals surface area contributed by atoms with Gasteiger partial charge in [-0.3, -0.25) is 4.90 Å². The number of rotatable bonds is 4. The summed E-state index contributed by atoms with van der Waals surface area (Å²) in [6.45, 7) is 1.63. The van der Waals surface area contributed by atoms with Gasteiger partial charge in [0.15, 0.2) is 0 Å². The van der Waals surface area contributed by atoms with Crippen LogP contribution >= 0.6 is 22.7 Å². The van der Waals surface area contributed by atoms with E-state index in [-0.39, 0.29) is 6.04 Å². The van der Waals surface area contributed by atoms with E-state index in [1.165, 1.54) is 15.3 Å². The lowest BCUT2D eigenvalue weighted by atomic mass is 9.99. The summed E-state index contributed by atoms with van der Waals surface area (Å²) in [5, 5.41) is 17.5. The molecule has 130 valence electrons. The van der Waals surface area contributed by atoms with Gasteiger partial charge in [-0.15, -0.1) is 37.7 Å². The van der Waals surface area contributed by atoms with Gasteiger partial charge in [0.05, 0.1) is 6.04 Å². The molecule has 0 amide bonds. The first kappa shape index (κ1) is 15.9. The lowest BCUT2D eigenvalue weighted by Gasteiger charge is -2.34. The molecule has 0 saturated carbocycles. The van der Waals surface area contributed by atoms with Gasteiger partial charge < -0.3 is 0 Å². The van der Waals surface area contributed by atoms with E-state index in [9.17, 15) is 0 Å². The molecule has 4 aromatic rings. The van der Waals surface area contributed by atoms with Crippen molar-refractivity contribution in [3.63, 3.8) is 0 Å². The predicted molar refractivity (Wildman–Crippen MR) is 104 cm³/mol. The van der Waals surface area contributed by atoms with Crippen molar-refractivity contribution in [2.45, 2.75) is 19.1 Å². The summed E-state index contributed by atoms with van der Waals surface area (Å²) in [6.07, 6.45) is 1.08. The van der Waals surface area contributed by atoms with Crippen molar-refractivity contribution in [2.75, 3.05) is 6.54 Å². The number of aromatic nitrogens is 4. The van der Waals surface area contributed by atoms with Crippen molar-refractivity contribution in [3.8, 4) is 11.4 Å². The lowest BCUT2D eigenvalue weighted by Crippen LogP contribution is -2.37. The van der Waals surface area contributed by atoms with Gasteiger partial charge in [0.2, 0.25) is 5.82 Å². The predicted octanol–water partition coefficient (Wildman–Crippen LogP) is 4.07. The minimum Gasteiger partial charge on any atom is -0.270 e. The Morgan fingerprint density at radius 3 is 2.77 bits per heavy atom. The average molecular weight is 380 g/mol. The standard InChI is InChI=1S/C19H17N5S2/c1-2-5-14(6-3-1)19-20-22-24(21-19)13-23-10-8-16-15(9-12-26-16)18(23)17-7-4-11-25-17/h1-7,9,11-12,18H,8,10,13H2. The molecule has 1 aliphatic rings. The van der Waals surface area contributed by atoms with Crippen molar-refractivity contribution >= 4 is 22.7 Å². The van der Waals surface area contributed by atoms with Crippen LogP contribution in [0.25, 0.3) is 11.4 Å². The molecule has 3 aromatic heterocycles. The molecule has 7 heteroatoms. The zero-order chi connectivity index (χ0) is 17.3. The van der Waals surface area contributed by atoms with Crippen LogP contribution in [-0.2, 0) is 13.1 Å². The quantitative estimate of drug-likeness (QED) is 0.536. The third-order valence-corrected chi connectivity index (χ3v) is 6.59. The molecule has 5 nitrogen and oxygen atoms in total. The number of hydrogen-bond donors (Lipinski definition) is 0. The first-order chi connectivity index (χ1) is 12.9. The molecule has 0 fully saturated rings. The smallest absolute Gasteiger partial charge is 0.204 e. The van der Waals surface area contributed by atoms with Crippen molar-refractivity contribution in [2.24, 2.45) is 0 Å². The molecule has 0 aliphatic carbocycles. The Balaban J connectivity index is 1.44. The average Bonchev–Trinajstić information content (AvgIpc) is 3.44. The largest absolute Gasteiger partial charge is 0.270 e. The van der Waals surface area contributed by atoms with Gasteiger partial charge in [0.1, 0.15) is 6.67 Å². The van der Waals surface area contributed by atoms with Gasteiger partial charge in [-0.25, -0.2) is 0 Å². The summed E-state index contributed by atoms with van der Waals surface area (Å²) in [7, 11) is 0. The third kappa shape index (κ3) is 2.88. The van der Waals surface area contributed by atoms with Gasteiger partial charge in [0.25, 0.3) is 0 Å². The minimum absolute atomic E-state index is 0.274. The molecule has 0 bridgehead atoms. The van der Waals surface area contributed by atoms with Crippen LogP contribution in [0.1, 0.15) is 21.4 Å². The molecule has 0 N–H and O–H groups in total. The lowest BCUT2D eigenvalue weighted by molar-refractivity contribution is 0.148. The number of hydrogen-bond acceptors (Lipinski definition) is 6. The van der Waals surface area contributed by atoms with E-state index < -0.39 is 0 Å². The van der Waals surface area contributed by atoms with E-state index in [1.54, 1.807) is 4.80 Å². The zero-order valence-corrected chi connectivity index (χ0v) is 15.7. The van der Waals surface area contributed by atoms with Gasteiger partial charge in [-0.1, -0.05) is 36.4 Å². The third-order valence-electron chi connectivity index (χ3n) is 4.67. The fourth-order valence-corrected chi connectivity index (χ4v) is 5.25. The van der Waals surface area contributed by atoms with Gasteiger partial charge in [-0.05, 0) is 40.1 Å². The van der Waals surface area contributed by atoms with Crippen molar-refractivity contribution in [3.05, 3.63) is 74.6 Å². The molecular weight excluding hydrogens is 362 g/mol. The Morgan fingerprint density at radius 1 is 1.00 bits per heavy atom. The summed E-state index contributed by atoms with van der Waals surface area (Å²) in [4.78, 5) is 7.02. The fraction of sp³-hybridized carbons (Fsp3) is 0.211. The van der Waals surface area contributed by atoms with Gasteiger partial charge >= 0.3 is 0 Å². The maximum atomic E-state index is 4.59. The maximum Gasteiger partial charge on any atom is 0.204 e. The first-order valence-corrected chi connectivity index (χ1v) is 10.3. The normalized spacial score (nSPS) is 17.3. The van der Waals surface area contributed by atoms with Crippen LogP contribution in [-0.4, -0.2) is 31.7 Å². The molecule has 26 heavy (non-hydrogen) atoms. The van der Waals surface area contributed by atoms with Gasteiger partial charge in [0, 0.05) is 21.9 Å². The second-order valence-electron chi connectivity index (χ2n) is 6.27. The highest BCUT2D eigenvalue weighted by Gasteiger charge is 2.30. The van der Waals surface area contributed by atoms with E-state index >= 15 is 0 Å². The fourth-order valence-electron chi connectivity index (χ4n) is 3.47. The SMILES string of the molecule is c1ccc(-c2nnn(CN3CCc4sccc4C3c3cccs3)n2)cc1. The molecule has 1 unspecified atom stereocenters. The summed E-state index contributed by atoms with van der Waals surface area (Å²) in [6, 6.07) is 16.9. The van der Waals surface area contributed by atoms with E-state index in [1.807, 2.05) is 53.0 Å². The number of nitrogens with zero attached hydrogens (tertiary/aromatic N) is 5. The van der Waals surface area contributed by atoms with E-state index in [0.29, 0.717) is 12.5 Å². The molecule has 0 radical (unpaired) electrons. The van der Waals surface area contributed by atoms with Crippen LogP contribution < -0.4 is 0 Å². The highest BCUT2D eigenvalue weighted by molar-refractivity contribution is 7.10. The van der Waals surface area contributed by atoms with Crippen molar-refractivity contribution in [1.82, 2.24) is 25.1 Å². The molecule has 0 spiro atoms. The molecule has 1 aliphatic heterocycles. The summed E-state index contributed by atoms with van der Waals surface area (Å²) in [5.74, 6) is 0.673. The molecule has 5 rings (SSSR count). The molecular formula is C19H17N5S2. The van der Waals surface area contributed by atoms with Crippen LogP contribution in [0.15, 0.2) is 59.3 Å². The summed E-state index contributed by atoms with van der Waals surface area (Å²) in [5.41, 5.74) is 2.42. The topological polar surface area (TPSA) is 46.8 Å².